The van der Waals surface area contributed by atoms with Crippen LogP contribution < -0.4 is 0 Å². The van der Waals surface area contributed by atoms with Crippen LogP contribution in [0.5, 0.6) is 0 Å². The van der Waals surface area contributed by atoms with E-state index in [1.807, 2.05) is 12.1 Å². The summed E-state index contributed by atoms with van der Waals surface area (Å²) in [6.45, 7) is 5.76. The number of nitrogens with zero attached hydrogens (tertiary/aromatic N) is 2. The second-order valence-corrected chi connectivity index (χ2v) is 4.84. The molecule has 0 aliphatic carbocycles. The molecule has 1 fully saturated rings. The number of hydrogen-bond donors (Lipinski definition) is 2. The van der Waals surface area contributed by atoms with Gasteiger partial charge in [-0.1, -0.05) is 12.1 Å². The van der Waals surface area contributed by atoms with Crippen LogP contribution in [0.15, 0.2) is 24.3 Å². The first-order valence-corrected chi connectivity index (χ1v) is 6.57. The van der Waals surface area contributed by atoms with Crippen molar-refractivity contribution in [2.45, 2.75) is 6.54 Å². The van der Waals surface area contributed by atoms with Crippen LogP contribution >= 0.6 is 0 Å². The smallest absolute Gasteiger partial charge is 0.335 e. The molecule has 2 rings (SSSR count). The zero-order valence-electron chi connectivity index (χ0n) is 11.0. The number of carboxylic acids is 1. The van der Waals surface area contributed by atoms with Crippen molar-refractivity contribution in [2.24, 2.45) is 0 Å². The van der Waals surface area contributed by atoms with Gasteiger partial charge < -0.3 is 10.2 Å². The van der Waals surface area contributed by atoms with Crippen LogP contribution in [0.1, 0.15) is 15.9 Å². The van der Waals surface area contributed by atoms with Gasteiger partial charge in [0.1, 0.15) is 0 Å². The lowest BCUT2D eigenvalue weighted by molar-refractivity contribution is 0.0697. The number of aliphatic hydroxyl groups is 1. The molecule has 0 bridgehead atoms. The van der Waals surface area contributed by atoms with Crippen molar-refractivity contribution < 1.29 is 15.0 Å². The van der Waals surface area contributed by atoms with Crippen LogP contribution in [-0.2, 0) is 6.54 Å². The molecular formula is C14H20N2O3. The van der Waals surface area contributed by atoms with Gasteiger partial charge in [0.25, 0.3) is 0 Å². The monoisotopic (exact) mass is 264 g/mol. The number of carbonyl (C=O) groups is 1. The third-order valence-corrected chi connectivity index (χ3v) is 3.49. The minimum atomic E-state index is -0.885. The van der Waals surface area contributed by atoms with Crippen molar-refractivity contribution in [3.63, 3.8) is 0 Å². The first-order chi connectivity index (χ1) is 9.19. The first kappa shape index (κ1) is 14.0. The molecule has 5 nitrogen and oxygen atoms in total. The van der Waals surface area contributed by atoms with Crippen molar-refractivity contribution >= 4 is 5.97 Å². The van der Waals surface area contributed by atoms with Gasteiger partial charge >= 0.3 is 5.97 Å². The molecule has 5 heteroatoms. The van der Waals surface area contributed by atoms with Gasteiger partial charge in [-0.05, 0) is 17.7 Å². The van der Waals surface area contributed by atoms with E-state index in [0.717, 1.165) is 44.8 Å². The lowest BCUT2D eigenvalue weighted by atomic mass is 10.1. The molecule has 1 aromatic carbocycles. The second-order valence-electron chi connectivity index (χ2n) is 4.84. The minimum absolute atomic E-state index is 0.219. The molecule has 0 saturated carbocycles. The summed E-state index contributed by atoms with van der Waals surface area (Å²) in [5.41, 5.74) is 1.47. The van der Waals surface area contributed by atoms with E-state index in [9.17, 15) is 4.79 Å². The van der Waals surface area contributed by atoms with E-state index in [1.165, 1.54) is 0 Å². The molecule has 0 amide bonds. The molecule has 0 radical (unpaired) electrons. The van der Waals surface area contributed by atoms with E-state index in [-0.39, 0.29) is 6.61 Å². The minimum Gasteiger partial charge on any atom is -0.478 e. The van der Waals surface area contributed by atoms with E-state index in [2.05, 4.69) is 9.80 Å². The molecule has 2 N–H and O–H groups in total. The zero-order chi connectivity index (χ0) is 13.7. The van der Waals surface area contributed by atoms with Crippen molar-refractivity contribution in [2.75, 3.05) is 39.3 Å². The largest absolute Gasteiger partial charge is 0.478 e. The summed E-state index contributed by atoms with van der Waals surface area (Å²) in [4.78, 5) is 15.4. The molecule has 1 saturated heterocycles. The molecule has 1 heterocycles. The van der Waals surface area contributed by atoms with Crippen LogP contribution in [0.3, 0.4) is 0 Å². The second kappa shape index (κ2) is 6.65. The number of β-amino-alcohol motifs (C(OH)–C–C–N with tert-alkyl or cyclic N) is 1. The number of aromatic carboxylic acids is 1. The summed E-state index contributed by atoms with van der Waals surface area (Å²) in [6.07, 6.45) is 0. The fourth-order valence-corrected chi connectivity index (χ4v) is 2.32. The average Bonchev–Trinajstić information content (AvgIpc) is 2.42. The summed E-state index contributed by atoms with van der Waals surface area (Å²) < 4.78 is 0. The number of benzene rings is 1. The molecule has 1 aliphatic heterocycles. The lowest BCUT2D eigenvalue weighted by Gasteiger charge is -2.34. The molecule has 0 aromatic heterocycles. The van der Waals surface area contributed by atoms with Crippen molar-refractivity contribution in [1.29, 1.82) is 0 Å². The standard InChI is InChI=1S/C14H20N2O3/c17-10-9-15-5-7-16(8-6-15)11-12-1-3-13(4-2-12)14(18)19/h1-4,17H,5-11H2,(H,18,19). The predicted molar refractivity (Wildman–Crippen MR) is 72.2 cm³/mol. The molecule has 19 heavy (non-hydrogen) atoms. The Morgan fingerprint density at radius 2 is 1.63 bits per heavy atom. The summed E-state index contributed by atoms with van der Waals surface area (Å²) in [5, 5.41) is 17.7. The van der Waals surface area contributed by atoms with E-state index in [4.69, 9.17) is 10.2 Å². The Kier molecular flexibility index (Phi) is 4.90. The highest BCUT2D eigenvalue weighted by molar-refractivity contribution is 5.87. The molecule has 0 atom stereocenters. The molecule has 0 unspecified atom stereocenters. The Labute approximate surface area is 113 Å². The van der Waals surface area contributed by atoms with Gasteiger partial charge in [0.2, 0.25) is 0 Å². The van der Waals surface area contributed by atoms with Crippen LogP contribution in [0.4, 0.5) is 0 Å². The van der Waals surface area contributed by atoms with Crippen LogP contribution in [0, 0.1) is 0 Å². The molecule has 1 aliphatic rings. The van der Waals surface area contributed by atoms with E-state index < -0.39 is 5.97 Å². The van der Waals surface area contributed by atoms with Crippen LogP contribution in [-0.4, -0.2) is 65.3 Å². The summed E-state index contributed by atoms with van der Waals surface area (Å²) in [7, 11) is 0. The van der Waals surface area contributed by atoms with E-state index in [0.29, 0.717) is 5.56 Å². The highest BCUT2D eigenvalue weighted by atomic mass is 16.4. The van der Waals surface area contributed by atoms with Crippen LogP contribution in [0.2, 0.25) is 0 Å². The summed E-state index contributed by atoms with van der Waals surface area (Å²) in [6, 6.07) is 7.06. The lowest BCUT2D eigenvalue weighted by Crippen LogP contribution is -2.46. The van der Waals surface area contributed by atoms with Crippen molar-refractivity contribution in [1.82, 2.24) is 9.80 Å². The van der Waals surface area contributed by atoms with E-state index in [1.54, 1.807) is 12.1 Å². The van der Waals surface area contributed by atoms with Gasteiger partial charge in [-0.15, -0.1) is 0 Å². The summed E-state index contributed by atoms with van der Waals surface area (Å²) in [5.74, 6) is -0.885. The Morgan fingerprint density at radius 3 is 2.16 bits per heavy atom. The maximum atomic E-state index is 10.8. The summed E-state index contributed by atoms with van der Waals surface area (Å²) >= 11 is 0. The number of rotatable bonds is 5. The maximum absolute atomic E-state index is 10.8. The number of piperazine rings is 1. The van der Waals surface area contributed by atoms with Gasteiger partial charge in [0, 0.05) is 39.3 Å². The average molecular weight is 264 g/mol. The van der Waals surface area contributed by atoms with Gasteiger partial charge in [0.15, 0.2) is 0 Å². The van der Waals surface area contributed by atoms with Crippen LogP contribution in [0.25, 0.3) is 0 Å². The molecule has 104 valence electrons. The quantitative estimate of drug-likeness (QED) is 0.810. The number of hydrogen-bond acceptors (Lipinski definition) is 4. The fraction of sp³-hybridized carbons (Fsp3) is 0.500. The van der Waals surface area contributed by atoms with Crippen molar-refractivity contribution in [3.8, 4) is 0 Å². The van der Waals surface area contributed by atoms with E-state index >= 15 is 0 Å². The Balaban J connectivity index is 1.83. The Bertz CT molecular complexity index is 411. The molecule has 0 spiro atoms. The zero-order valence-corrected chi connectivity index (χ0v) is 11.0. The fourth-order valence-electron chi connectivity index (χ4n) is 2.32. The van der Waals surface area contributed by atoms with Gasteiger partial charge in [-0.2, -0.15) is 0 Å². The SMILES string of the molecule is O=C(O)c1ccc(CN2CCN(CCO)CC2)cc1. The van der Waals surface area contributed by atoms with Gasteiger partial charge in [-0.25, -0.2) is 4.79 Å². The first-order valence-electron chi connectivity index (χ1n) is 6.57. The molecular weight excluding hydrogens is 244 g/mol. The Hall–Kier alpha value is -1.43. The van der Waals surface area contributed by atoms with Crippen molar-refractivity contribution in [3.05, 3.63) is 35.4 Å². The third kappa shape index (κ3) is 4.02. The third-order valence-electron chi connectivity index (χ3n) is 3.49. The number of carboxylic acid groups (broad SMARTS) is 1. The maximum Gasteiger partial charge on any atom is 0.335 e. The Morgan fingerprint density at radius 1 is 1.05 bits per heavy atom. The normalized spacial score (nSPS) is 17.5. The molecule has 1 aromatic rings. The van der Waals surface area contributed by atoms with Gasteiger partial charge in [-0.3, -0.25) is 9.80 Å². The highest BCUT2D eigenvalue weighted by Crippen LogP contribution is 2.10. The highest BCUT2D eigenvalue weighted by Gasteiger charge is 2.16. The van der Waals surface area contributed by atoms with Gasteiger partial charge in [0.05, 0.1) is 12.2 Å². The topological polar surface area (TPSA) is 64.0 Å². The predicted octanol–water partition coefficient (Wildman–Crippen LogP) is 0.495. The number of aliphatic hydroxyl groups excluding tert-OH is 1.